The lowest BCUT2D eigenvalue weighted by Gasteiger charge is -2.10. The first-order valence-electron chi connectivity index (χ1n) is 11.2. The van der Waals surface area contributed by atoms with E-state index in [2.05, 4.69) is 16.8 Å². The molecule has 0 fully saturated rings. The monoisotopic (exact) mass is 530 g/mol. The zero-order valence-electron chi connectivity index (χ0n) is 19.3. The van der Waals surface area contributed by atoms with E-state index in [1.54, 1.807) is 48.5 Å². The number of carbonyl (C=O) groups is 1. The van der Waals surface area contributed by atoms with Gasteiger partial charge >= 0.3 is 5.97 Å². The lowest BCUT2D eigenvalue weighted by molar-refractivity contribution is 0.0551. The third-order valence-electron chi connectivity index (χ3n) is 5.52. The van der Waals surface area contributed by atoms with Crippen LogP contribution in [0.4, 0.5) is 4.39 Å². The normalized spacial score (nSPS) is 11.3. The summed E-state index contributed by atoms with van der Waals surface area (Å²) in [5.74, 6) is 4.27. The number of hydrogen-bond acceptors (Lipinski definition) is 6. The van der Waals surface area contributed by atoms with Crippen molar-refractivity contribution in [2.24, 2.45) is 0 Å². The Balaban J connectivity index is 1.36. The van der Waals surface area contributed by atoms with Crippen LogP contribution in [0.2, 0.25) is 0 Å². The molecule has 5 aromatic rings. The van der Waals surface area contributed by atoms with E-state index in [0.717, 1.165) is 22.5 Å². The van der Waals surface area contributed by atoms with Gasteiger partial charge in [-0.2, -0.15) is 0 Å². The van der Waals surface area contributed by atoms with Gasteiger partial charge in [0.05, 0.1) is 27.2 Å². The van der Waals surface area contributed by atoms with Crippen molar-refractivity contribution in [3.8, 4) is 11.8 Å². The number of hydrogen-bond donors (Lipinski definition) is 0. The van der Waals surface area contributed by atoms with E-state index < -0.39 is 21.8 Å². The van der Waals surface area contributed by atoms with Gasteiger partial charge in [0.1, 0.15) is 5.82 Å². The van der Waals surface area contributed by atoms with Crippen molar-refractivity contribution < 1.29 is 22.3 Å². The Bertz CT molecular complexity index is 1800. The van der Waals surface area contributed by atoms with Crippen molar-refractivity contribution in [2.75, 3.05) is 12.4 Å². The Morgan fingerprint density at radius 3 is 2.49 bits per heavy atom. The number of para-hydroxylation sites is 2. The average molecular weight is 531 g/mol. The maximum Gasteiger partial charge on any atom is 0.342 e. The Morgan fingerprint density at radius 1 is 0.919 bits per heavy atom. The second-order valence-corrected chi connectivity index (χ2v) is 10.6. The summed E-state index contributed by atoms with van der Waals surface area (Å²) < 4.78 is 47.4. The number of aromatic nitrogens is 2. The zero-order chi connectivity index (χ0) is 25.8. The van der Waals surface area contributed by atoms with Gasteiger partial charge in [-0.25, -0.2) is 26.6 Å². The summed E-state index contributed by atoms with van der Waals surface area (Å²) in [6, 6.07) is 25.1. The second-order valence-electron chi connectivity index (χ2n) is 7.86. The molecule has 0 saturated carbocycles. The highest BCUT2D eigenvalue weighted by atomic mass is 32.2. The molecule has 0 aliphatic heterocycles. The summed E-state index contributed by atoms with van der Waals surface area (Å²) in [6.07, 6.45) is 0. The molecule has 0 atom stereocenters. The number of ether oxygens (including phenoxy) is 1. The van der Waals surface area contributed by atoms with Crippen LogP contribution in [0.3, 0.4) is 0 Å². The molecule has 1 heterocycles. The van der Waals surface area contributed by atoms with E-state index in [1.807, 2.05) is 24.3 Å². The Kier molecular flexibility index (Phi) is 6.95. The third kappa shape index (κ3) is 5.07. The number of thioether (sulfide) groups is 1. The summed E-state index contributed by atoms with van der Waals surface area (Å²) in [4.78, 5) is 16.6. The first kappa shape index (κ1) is 24.6. The van der Waals surface area contributed by atoms with Crippen molar-refractivity contribution in [2.45, 2.75) is 10.1 Å². The predicted octanol–water partition coefficient (Wildman–Crippen LogP) is 5.52. The Hall–Kier alpha value is -4.13. The van der Waals surface area contributed by atoms with Gasteiger partial charge in [0.25, 0.3) is 10.0 Å². The van der Waals surface area contributed by atoms with Crippen LogP contribution in [0.15, 0.2) is 101 Å². The number of nitrogens with zero attached hydrogens (tertiary/aromatic N) is 2. The van der Waals surface area contributed by atoms with Crippen LogP contribution in [0, 0.1) is 17.7 Å². The molecule has 0 bridgehead atoms. The summed E-state index contributed by atoms with van der Waals surface area (Å²) in [7, 11) is -3.96. The van der Waals surface area contributed by atoms with Crippen LogP contribution in [-0.4, -0.2) is 35.7 Å². The Labute approximate surface area is 217 Å². The van der Waals surface area contributed by atoms with E-state index in [4.69, 9.17) is 4.74 Å². The van der Waals surface area contributed by atoms with Crippen molar-refractivity contribution >= 4 is 49.6 Å². The number of halogens is 1. The minimum Gasteiger partial charge on any atom is -0.449 e. The van der Waals surface area contributed by atoms with E-state index in [-0.39, 0.29) is 28.0 Å². The van der Waals surface area contributed by atoms with Gasteiger partial charge in [-0.15, -0.1) is 0 Å². The summed E-state index contributed by atoms with van der Waals surface area (Å²) in [6.45, 7) is -0.223. The van der Waals surface area contributed by atoms with Crippen LogP contribution >= 0.6 is 11.8 Å². The van der Waals surface area contributed by atoms with Gasteiger partial charge in [-0.1, -0.05) is 78.2 Å². The summed E-state index contributed by atoms with van der Waals surface area (Å²) in [5, 5.41) is 2.03. The molecule has 5 rings (SSSR count). The predicted molar refractivity (Wildman–Crippen MR) is 141 cm³/mol. The summed E-state index contributed by atoms with van der Waals surface area (Å²) >= 11 is 1.15. The quantitative estimate of drug-likeness (QED) is 0.164. The van der Waals surface area contributed by atoms with E-state index >= 15 is 0 Å². The molecule has 0 N–H and O–H groups in total. The average Bonchev–Trinajstić information content (AvgIpc) is 3.29. The Morgan fingerprint density at radius 2 is 1.65 bits per heavy atom. The van der Waals surface area contributed by atoms with Crippen molar-refractivity contribution in [1.29, 1.82) is 0 Å². The minimum atomic E-state index is -3.96. The van der Waals surface area contributed by atoms with Crippen LogP contribution in [0.25, 0.3) is 21.8 Å². The fourth-order valence-corrected chi connectivity index (χ4v) is 6.27. The molecule has 9 heteroatoms. The van der Waals surface area contributed by atoms with Crippen LogP contribution < -0.4 is 0 Å². The molecule has 0 amide bonds. The molecule has 0 radical (unpaired) electrons. The number of fused-ring (bicyclic) bond motifs is 2. The third-order valence-corrected chi connectivity index (χ3v) is 8.15. The molecule has 0 spiro atoms. The number of esters is 1. The molecule has 184 valence electrons. The van der Waals surface area contributed by atoms with Crippen LogP contribution in [-0.2, 0) is 14.8 Å². The largest absolute Gasteiger partial charge is 0.449 e. The van der Waals surface area contributed by atoms with Gasteiger partial charge in [0.2, 0.25) is 0 Å². The van der Waals surface area contributed by atoms with E-state index in [0.29, 0.717) is 11.0 Å². The first-order valence-corrected chi connectivity index (χ1v) is 13.6. The van der Waals surface area contributed by atoms with E-state index in [9.17, 15) is 17.6 Å². The number of imidazole rings is 1. The van der Waals surface area contributed by atoms with Gasteiger partial charge in [-0.05, 0) is 47.2 Å². The number of carbonyl (C=O) groups excluding carboxylic acids is 1. The smallest absolute Gasteiger partial charge is 0.342 e. The molecule has 0 unspecified atom stereocenters. The summed E-state index contributed by atoms with van der Waals surface area (Å²) in [5.41, 5.74) is 0.845. The lowest BCUT2D eigenvalue weighted by Crippen LogP contribution is -2.14. The topological polar surface area (TPSA) is 78.3 Å². The fourth-order valence-electron chi connectivity index (χ4n) is 3.75. The van der Waals surface area contributed by atoms with Crippen molar-refractivity contribution in [3.63, 3.8) is 0 Å². The first-order chi connectivity index (χ1) is 17.9. The standard InChI is InChI=1S/C28H19FN2O4S2/c29-24-12-4-3-11-23(24)27(32)35-17-7-8-18-36-28-30-25-13-5-6-14-26(25)31(28)37(33,34)22-16-15-20-9-1-2-10-21(20)19-22/h1-6,9-16,19H,17-18H2. The molecule has 6 nitrogen and oxygen atoms in total. The molecular weight excluding hydrogens is 511 g/mol. The second kappa shape index (κ2) is 10.5. The SMILES string of the molecule is O=C(OCC#CCSc1nc2ccccc2n1S(=O)(=O)c1ccc2ccccc2c1)c1ccccc1F. The molecule has 0 saturated heterocycles. The highest BCUT2D eigenvalue weighted by Gasteiger charge is 2.24. The van der Waals surface area contributed by atoms with Crippen molar-refractivity contribution in [1.82, 2.24) is 8.96 Å². The molecular formula is C28H19FN2O4S2. The highest BCUT2D eigenvalue weighted by Crippen LogP contribution is 2.30. The van der Waals surface area contributed by atoms with Gasteiger partial charge in [0.15, 0.2) is 11.8 Å². The molecule has 0 aliphatic carbocycles. The number of benzene rings is 4. The molecule has 1 aromatic heterocycles. The van der Waals surface area contributed by atoms with Crippen LogP contribution in [0.1, 0.15) is 10.4 Å². The molecule has 0 aliphatic rings. The number of rotatable bonds is 6. The zero-order valence-corrected chi connectivity index (χ0v) is 20.9. The van der Waals surface area contributed by atoms with Crippen molar-refractivity contribution in [3.05, 3.63) is 102 Å². The maximum atomic E-state index is 13.7. The highest BCUT2D eigenvalue weighted by molar-refractivity contribution is 8.00. The lowest BCUT2D eigenvalue weighted by atomic mass is 10.1. The van der Waals surface area contributed by atoms with Gasteiger partial charge in [0, 0.05) is 0 Å². The molecule has 37 heavy (non-hydrogen) atoms. The van der Waals surface area contributed by atoms with E-state index in [1.165, 1.54) is 22.2 Å². The van der Waals surface area contributed by atoms with Gasteiger partial charge in [-0.3, -0.25) is 0 Å². The van der Waals surface area contributed by atoms with Gasteiger partial charge < -0.3 is 4.74 Å². The maximum absolute atomic E-state index is 13.7. The minimum absolute atomic E-state index is 0.155. The fraction of sp³-hybridized carbons (Fsp3) is 0.0714. The molecule has 4 aromatic carbocycles. The van der Waals surface area contributed by atoms with Crippen LogP contribution in [0.5, 0.6) is 0 Å².